The zero-order chi connectivity index (χ0) is 20.8. The molecule has 0 amide bonds. The summed E-state index contributed by atoms with van der Waals surface area (Å²) in [6.45, 7) is 0.247. The predicted molar refractivity (Wildman–Crippen MR) is 119 cm³/mol. The molecule has 1 aromatic heterocycles. The summed E-state index contributed by atoms with van der Waals surface area (Å²) in [6, 6.07) is 26.8. The number of carbonyl (C=O) groups is 1. The summed E-state index contributed by atoms with van der Waals surface area (Å²) in [6.07, 6.45) is 0. The van der Waals surface area contributed by atoms with Gasteiger partial charge in [-0.15, -0.1) is 10.2 Å². The van der Waals surface area contributed by atoms with Crippen LogP contribution in [-0.4, -0.2) is 26.5 Å². The van der Waals surface area contributed by atoms with Gasteiger partial charge in [0.1, 0.15) is 6.61 Å². The molecule has 0 N–H and O–H groups in total. The van der Waals surface area contributed by atoms with Crippen molar-refractivity contribution >= 4 is 29.3 Å². The standard InChI is InChI=1S/C23H18ClN3O2S/c24-20-14-8-7-13-19(20)22-25-26-23(27(22)18-11-5-2-6-12-18)30-16-21(28)29-15-17-9-3-1-4-10-17/h1-14H,15-16H2. The minimum absolute atomic E-state index is 0.125. The van der Waals surface area contributed by atoms with Gasteiger partial charge in [0.25, 0.3) is 0 Å². The molecule has 0 aliphatic rings. The van der Waals surface area contributed by atoms with Gasteiger partial charge in [-0.1, -0.05) is 84.0 Å². The molecule has 0 atom stereocenters. The summed E-state index contributed by atoms with van der Waals surface area (Å²) in [5.41, 5.74) is 2.61. The number of thioether (sulfide) groups is 1. The highest BCUT2D eigenvalue weighted by atomic mass is 35.5. The lowest BCUT2D eigenvalue weighted by Crippen LogP contribution is -2.08. The zero-order valence-corrected chi connectivity index (χ0v) is 17.5. The van der Waals surface area contributed by atoms with Gasteiger partial charge in [0.05, 0.1) is 10.8 Å². The van der Waals surface area contributed by atoms with Gasteiger partial charge in [-0.2, -0.15) is 0 Å². The van der Waals surface area contributed by atoms with Gasteiger partial charge in [-0.25, -0.2) is 0 Å². The molecule has 30 heavy (non-hydrogen) atoms. The summed E-state index contributed by atoms with van der Waals surface area (Å²) in [5.74, 6) is 0.429. The molecule has 1 heterocycles. The van der Waals surface area contributed by atoms with Gasteiger partial charge in [0, 0.05) is 11.3 Å². The van der Waals surface area contributed by atoms with E-state index in [4.69, 9.17) is 16.3 Å². The molecule has 0 bridgehead atoms. The number of halogens is 1. The van der Waals surface area contributed by atoms with E-state index in [-0.39, 0.29) is 18.3 Å². The molecule has 3 aromatic carbocycles. The smallest absolute Gasteiger partial charge is 0.316 e. The Kier molecular flexibility index (Phi) is 6.47. The summed E-state index contributed by atoms with van der Waals surface area (Å²) in [4.78, 5) is 12.2. The van der Waals surface area contributed by atoms with E-state index in [1.165, 1.54) is 11.8 Å². The van der Waals surface area contributed by atoms with E-state index >= 15 is 0 Å². The normalized spacial score (nSPS) is 10.7. The highest BCUT2D eigenvalue weighted by Gasteiger charge is 2.19. The van der Waals surface area contributed by atoms with Gasteiger partial charge in [-0.3, -0.25) is 9.36 Å². The van der Waals surface area contributed by atoms with Crippen molar-refractivity contribution in [3.8, 4) is 17.1 Å². The Morgan fingerprint density at radius 1 is 0.900 bits per heavy atom. The van der Waals surface area contributed by atoms with Crippen LogP contribution in [0.5, 0.6) is 0 Å². The number of benzene rings is 3. The molecule has 0 aliphatic heterocycles. The van der Waals surface area contributed by atoms with Gasteiger partial charge in [0.15, 0.2) is 11.0 Å². The van der Waals surface area contributed by atoms with Crippen molar-refractivity contribution in [1.82, 2.24) is 14.8 Å². The van der Waals surface area contributed by atoms with E-state index in [0.29, 0.717) is 16.0 Å². The maximum absolute atomic E-state index is 12.2. The van der Waals surface area contributed by atoms with Crippen LogP contribution in [0.15, 0.2) is 90.1 Å². The van der Waals surface area contributed by atoms with Crippen LogP contribution in [0.4, 0.5) is 0 Å². The number of para-hydroxylation sites is 1. The van der Waals surface area contributed by atoms with Crippen LogP contribution in [-0.2, 0) is 16.1 Å². The average molecular weight is 436 g/mol. The van der Waals surface area contributed by atoms with E-state index < -0.39 is 0 Å². The van der Waals surface area contributed by atoms with Crippen molar-refractivity contribution in [3.05, 3.63) is 95.5 Å². The second kappa shape index (κ2) is 9.61. The fourth-order valence-corrected chi connectivity index (χ4v) is 3.86. The topological polar surface area (TPSA) is 57.0 Å². The number of hydrogen-bond acceptors (Lipinski definition) is 5. The molecule has 7 heteroatoms. The van der Waals surface area contributed by atoms with Crippen molar-refractivity contribution in [2.24, 2.45) is 0 Å². The highest BCUT2D eigenvalue weighted by Crippen LogP contribution is 2.31. The Morgan fingerprint density at radius 2 is 1.57 bits per heavy atom. The number of nitrogens with zero attached hydrogens (tertiary/aromatic N) is 3. The monoisotopic (exact) mass is 435 g/mol. The molecular weight excluding hydrogens is 418 g/mol. The summed E-state index contributed by atoms with van der Waals surface area (Å²) >= 11 is 7.67. The van der Waals surface area contributed by atoms with Crippen LogP contribution in [0, 0.1) is 0 Å². The maximum atomic E-state index is 12.2. The Hall–Kier alpha value is -3.09. The molecule has 4 aromatic rings. The predicted octanol–water partition coefficient (Wildman–Crippen LogP) is 5.42. The maximum Gasteiger partial charge on any atom is 0.316 e. The Bertz CT molecular complexity index is 1130. The molecule has 5 nitrogen and oxygen atoms in total. The fourth-order valence-electron chi connectivity index (χ4n) is 2.89. The van der Waals surface area contributed by atoms with E-state index in [0.717, 1.165) is 16.8 Å². The first-order valence-electron chi connectivity index (χ1n) is 9.30. The molecule has 150 valence electrons. The van der Waals surface area contributed by atoms with Crippen molar-refractivity contribution in [1.29, 1.82) is 0 Å². The highest BCUT2D eigenvalue weighted by molar-refractivity contribution is 7.99. The number of ether oxygens (including phenoxy) is 1. The summed E-state index contributed by atoms with van der Waals surface area (Å²) in [5, 5.41) is 9.84. The quantitative estimate of drug-likeness (QED) is 0.286. The minimum atomic E-state index is -0.314. The lowest BCUT2D eigenvalue weighted by molar-refractivity contribution is -0.141. The first-order chi connectivity index (χ1) is 14.7. The van der Waals surface area contributed by atoms with Crippen molar-refractivity contribution in [3.63, 3.8) is 0 Å². The largest absolute Gasteiger partial charge is 0.460 e. The third-order valence-electron chi connectivity index (χ3n) is 4.32. The molecule has 0 unspecified atom stereocenters. The lowest BCUT2D eigenvalue weighted by atomic mass is 10.2. The van der Waals surface area contributed by atoms with Crippen LogP contribution < -0.4 is 0 Å². The average Bonchev–Trinajstić information content (AvgIpc) is 3.21. The molecule has 0 saturated heterocycles. The van der Waals surface area contributed by atoms with Crippen molar-refractivity contribution in [2.45, 2.75) is 11.8 Å². The first kappa shape index (κ1) is 20.2. The Balaban J connectivity index is 1.55. The van der Waals surface area contributed by atoms with Crippen molar-refractivity contribution < 1.29 is 9.53 Å². The van der Waals surface area contributed by atoms with E-state index in [1.54, 1.807) is 0 Å². The van der Waals surface area contributed by atoms with Gasteiger partial charge >= 0.3 is 5.97 Å². The lowest BCUT2D eigenvalue weighted by Gasteiger charge is -2.11. The van der Waals surface area contributed by atoms with Gasteiger partial charge in [0.2, 0.25) is 0 Å². The second-order valence-electron chi connectivity index (χ2n) is 6.39. The number of esters is 1. The van der Waals surface area contributed by atoms with E-state index in [9.17, 15) is 4.79 Å². The molecule has 4 rings (SSSR count). The van der Waals surface area contributed by atoms with Crippen molar-refractivity contribution in [2.75, 3.05) is 5.75 Å². The molecule has 0 saturated carbocycles. The Labute approximate surface area is 183 Å². The van der Waals surface area contributed by atoms with Gasteiger partial charge in [-0.05, 0) is 29.8 Å². The van der Waals surface area contributed by atoms with E-state index in [1.807, 2.05) is 89.5 Å². The zero-order valence-electron chi connectivity index (χ0n) is 15.9. The molecule has 0 radical (unpaired) electrons. The third-order valence-corrected chi connectivity index (χ3v) is 5.56. The molecular formula is C23H18ClN3O2S. The van der Waals surface area contributed by atoms with Crippen LogP contribution in [0.2, 0.25) is 5.02 Å². The molecule has 0 aliphatic carbocycles. The first-order valence-corrected chi connectivity index (χ1v) is 10.7. The second-order valence-corrected chi connectivity index (χ2v) is 7.74. The summed E-state index contributed by atoms with van der Waals surface area (Å²) < 4.78 is 7.27. The number of rotatable bonds is 7. The molecule has 0 spiro atoms. The number of carbonyl (C=O) groups excluding carboxylic acids is 1. The number of hydrogen-bond donors (Lipinski definition) is 0. The fraction of sp³-hybridized carbons (Fsp3) is 0.0870. The van der Waals surface area contributed by atoms with Crippen LogP contribution in [0.25, 0.3) is 17.1 Å². The Morgan fingerprint density at radius 3 is 2.30 bits per heavy atom. The van der Waals surface area contributed by atoms with Crippen LogP contribution in [0.1, 0.15) is 5.56 Å². The van der Waals surface area contributed by atoms with Crippen LogP contribution in [0.3, 0.4) is 0 Å². The minimum Gasteiger partial charge on any atom is -0.460 e. The van der Waals surface area contributed by atoms with Crippen LogP contribution >= 0.6 is 23.4 Å². The summed E-state index contributed by atoms with van der Waals surface area (Å²) in [7, 11) is 0. The SMILES string of the molecule is O=C(CSc1nnc(-c2ccccc2Cl)n1-c1ccccc1)OCc1ccccc1. The van der Waals surface area contributed by atoms with E-state index in [2.05, 4.69) is 10.2 Å². The number of aromatic nitrogens is 3. The van der Waals surface area contributed by atoms with Gasteiger partial charge < -0.3 is 4.74 Å². The third kappa shape index (κ3) is 4.72. The molecule has 0 fully saturated rings.